The van der Waals surface area contributed by atoms with Crippen LogP contribution in [0.1, 0.15) is 11.6 Å². The lowest BCUT2D eigenvalue weighted by Gasteiger charge is -2.13. The summed E-state index contributed by atoms with van der Waals surface area (Å²) in [5, 5.41) is 4.76. The molecule has 98 valence electrons. The highest BCUT2D eigenvalue weighted by atomic mass is 19.4. The monoisotopic (exact) mass is 264 g/mol. The number of carbonyl (C=O) groups is 1. The number of amides is 2. The van der Waals surface area contributed by atoms with Crippen molar-refractivity contribution in [3.8, 4) is 5.75 Å². The van der Waals surface area contributed by atoms with E-state index in [-0.39, 0.29) is 12.1 Å². The van der Waals surface area contributed by atoms with E-state index in [1.54, 1.807) is 0 Å². The van der Waals surface area contributed by atoms with E-state index >= 15 is 0 Å². The summed E-state index contributed by atoms with van der Waals surface area (Å²) >= 11 is 0. The first-order valence-corrected chi connectivity index (χ1v) is 4.95. The molecular formula is C10H8F4N2O2. The summed E-state index contributed by atoms with van der Waals surface area (Å²) < 4.78 is 53.2. The Morgan fingerprint density at radius 3 is 2.61 bits per heavy atom. The van der Waals surface area contributed by atoms with E-state index < -0.39 is 30.0 Å². The second-order valence-corrected chi connectivity index (χ2v) is 3.64. The van der Waals surface area contributed by atoms with Crippen LogP contribution in [0.2, 0.25) is 0 Å². The third-order valence-corrected chi connectivity index (χ3v) is 2.35. The smallest absolute Gasteiger partial charge is 0.406 e. The molecule has 1 aromatic rings. The van der Waals surface area contributed by atoms with Gasteiger partial charge in [-0.1, -0.05) is 0 Å². The summed E-state index contributed by atoms with van der Waals surface area (Å²) in [6.45, 7) is 0.102. The lowest BCUT2D eigenvalue weighted by Crippen LogP contribution is -2.22. The predicted octanol–water partition coefficient (Wildman–Crippen LogP) is 2.08. The molecule has 1 aromatic carbocycles. The largest absolute Gasteiger partial charge is 0.573 e. The quantitative estimate of drug-likeness (QED) is 0.803. The van der Waals surface area contributed by atoms with Gasteiger partial charge in [0.2, 0.25) is 0 Å². The zero-order chi connectivity index (χ0) is 13.3. The minimum Gasteiger partial charge on any atom is -0.406 e. The third kappa shape index (κ3) is 2.82. The summed E-state index contributed by atoms with van der Waals surface area (Å²) in [6.07, 6.45) is -4.84. The molecule has 1 aliphatic rings. The Morgan fingerprint density at radius 2 is 2.06 bits per heavy atom. The summed E-state index contributed by atoms with van der Waals surface area (Å²) in [5.41, 5.74) is -0.0601. The number of urea groups is 1. The number of halogens is 4. The normalized spacial score (nSPS) is 19.3. The molecule has 1 fully saturated rings. The van der Waals surface area contributed by atoms with E-state index in [4.69, 9.17) is 0 Å². The molecule has 18 heavy (non-hydrogen) atoms. The van der Waals surface area contributed by atoms with Crippen LogP contribution in [-0.2, 0) is 0 Å². The number of ether oxygens (including phenoxy) is 1. The number of hydrogen-bond acceptors (Lipinski definition) is 2. The van der Waals surface area contributed by atoms with Crippen LogP contribution in [-0.4, -0.2) is 18.9 Å². The molecule has 4 nitrogen and oxygen atoms in total. The molecule has 0 saturated carbocycles. The van der Waals surface area contributed by atoms with Crippen LogP contribution < -0.4 is 15.4 Å². The molecule has 2 rings (SSSR count). The van der Waals surface area contributed by atoms with Crippen molar-refractivity contribution < 1.29 is 27.1 Å². The fraction of sp³-hybridized carbons (Fsp3) is 0.300. The molecule has 0 spiro atoms. The number of rotatable bonds is 2. The second kappa shape index (κ2) is 4.35. The molecule has 1 saturated heterocycles. The van der Waals surface area contributed by atoms with Crippen LogP contribution in [0, 0.1) is 5.82 Å². The van der Waals surface area contributed by atoms with E-state index in [0.29, 0.717) is 0 Å². The van der Waals surface area contributed by atoms with Gasteiger partial charge in [-0.3, -0.25) is 0 Å². The number of benzene rings is 1. The molecule has 2 N–H and O–H groups in total. The first kappa shape index (κ1) is 12.5. The average Bonchev–Trinajstić information content (AvgIpc) is 2.66. The van der Waals surface area contributed by atoms with Gasteiger partial charge in [0, 0.05) is 12.1 Å². The van der Waals surface area contributed by atoms with E-state index in [0.717, 1.165) is 18.2 Å². The fourth-order valence-electron chi connectivity index (χ4n) is 1.63. The van der Waals surface area contributed by atoms with Crippen molar-refractivity contribution in [2.75, 3.05) is 6.54 Å². The van der Waals surface area contributed by atoms with Gasteiger partial charge in [0.15, 0.2) is 0 Å². The Kier molecular flexibility index (Phi) is 3.02. The van der Waals surface area contributed by atoms with Gasteiger partial charge in [-0.05, 0) is 18.2 Å². The van der Waals surface area contributed by atoms with Crippen LogP contribution in [0.15, 0.2) is 18.2 Å². The van der Waals surface area contributed by atoms with Crippen LogP contribution in [0.25, 0.3) is 0 Å². The third-order valence-electron chi connectivity index (χ3n) is 2.35. The molecular weight excluding hydrogens is 256 g/mol. The SMILES string of the molecule is O=C1NC[C@H](c2cc(OC(F)(F)F)ccc2F)N1. The Morgan fingerprint density at radius 1 is 1.33 bits per heavy atom. The highest BCUT2D eigenvalue weighted by Gasteiger charge is 2.32. The van der Waals surface area contributed by atoms with Crippen molar-refractivity contribution in [3.63, 3.8) is 0 Å². The Bertz CT molecular complexity index is 475. The van der Waals surface area contributed by atoms with Gasteiger partial charge in [-0.15, -0.1) is 13.2 Å². The lowest BCUT2D eigenvalue weighted by molar-refractivity contribution is -0.274. The summed E-state index contributed by atoms with van der Waals surface area (Å²) in [7, 11) is 0. The summed E-state index contributed by atoms with van der Waals surface area (Å²) in [6, 6.07) is 1.44. The lowest BCUT2D eigenvalue weighted by atomic mass is 10.1. The second-order valence-electron chi connectivity index (χ2n) is 3.64. The van der Waals surface area contributed by atoms with Crippen molar-refractivity contribution in [1.82, 2.24) is 10.6 Å². The van der Waals surface area contributed by atoms with Gasteiger partial charge < -0.3 is 15.4 Å². The van der Waals surface area contributed by atoms with Gasteiger partial charge in [0.05, 0.1) is 6.04 Å². The van der Waals surface area contributed by atoms with Crippen molar-refractivity contribution in [3.05, 3.63) is 29.6 Å². The zero-order valence-corrected chi connectivity index (χ0v) is 8.84. The Balaban J connectivity index is 2.24. The number of hydrogen-bond donors (Lipinski definition) is 2. The zero-order valence-electron chi connectivity index (χ0n) is 8.84. The minimum absolute atomic E-state index is 0.0601. The van der Waals surface area contributed by atoms with Crippen LogP contribution in [0.3, 0.4) is 0 Å². The van der Waals surface area contributed by atoms with Crippen molar-refractivity contribution >= 4 is 6.03 Å². The molecule has 0 aromatic heterocycles. The summed E-state index contributed by atoms with van der Waals surface area (Å²) in [5.74, 6) is -1.24. The molecule has 0 bridgehead atoms. The van der Waals surface area contributed by atoms with Gasteiger partial charge >= 0.3 is 12.4 Å². The highest BCUT2D eigenvalue weighted by molar-refractivity contribution is 5.76. The van der Waals surface area contributed by atoms with Crippen LogP contribution >= 0.6 is 0 Å². The van der Waals surface area contributed by atoms with E-state index in [9.17, 15) is 22.4 Å². The molecule has 1 heterocycles. The van der Waals surface area contributed by atoms with Crippen molar-refractivity contribution in [2.24, 2.45) is 0 Å². The number of alkyl halides is 3. The predicted molar refractivity (Wildman–Crippen MR) is 52.4 cm³/mol. The molecule has 0 aliphatic carbocycles. The van der Waals surface area contributed by atoms with E-state index in [1.807, 2.05) is 0 Å². The Hall–Kier alpha value is -1.99. The molecule has 2 amide bonds. The maximum absolute atomic E-state index is 13.5. The van der Waals surface area contributed by atoms with Gasteiger partial charge in [-0.25, -0.2) is 9.18 Å². The molecule has 0 unspecified atom stereocenters. The first-order chi connectivity index (χ1) is 8.35. The van der Waals surface area contributed by atoms with E-state index in [1.165, 1.54) is 0 Å². The van der Waals surface area contributed by atoms with Crippen molar-refractivity contribution in [1.29, 1.82) is 0 Å². The fourth-order valence-corrected chi connectivity index (χ4v) is 1.63. The highest BCUT2D eigenvalue weighted by Crippen LogP contribution is 2.28. The summed E-state index contributed by atoms with van der Waals surface area (Å²) in [4.78, 5) is 10.9. The molecule has 8 heteroatoms. The molecule has 0 radical (unpaired) electrons. The molecule has 1 aliphatic heterocycles. The Labute approximate surface area is 98.9 Å². The maximum atomic E-state index is 13.5. The van der Waals surface area contributed by atoms with Gasteiger partial charge in [0.1, 0.15) is 11.6 Å². The topological polar surface area (TPSA) is 50.4 Å². The maximum Gasteiger partial charge on any atom is 0.573 e. The minimum atomic E-state index is -4.84. The number of carbonyl (C=O) groups excluding carboxylic acids is 1. The average molecular weight is 264 g/mol. The van der Waals surface area contributed by atoms with Crippen molar-refractivity contribution in [2.45, 2.75) is 12.4 Å². The number of nitrogens with one attached hydrogen (secondary N) is 2. The van der Waals surface area contributed by atoms with E-state index in [2.05, 4.69) is 15.4 Å². The first-order valence-electron chi connectivity index (χ1n) is 4.95. The van der Waals surface area contributed by atoms with Gasteiger partial charge in [-0.2, -0.15) is 0 Å². The van der Waals surface area contributed by atoms with Crippen LogP contribution in [0.4, 0.5) is 22.4 Å². The van der Waals surface area contributed by atoms with Crippen LogP contribution in [0.5, 0.6) is 5.75 Å². The van der Waals surface area contributed by atoms with Gasteiger partial charge in [0.25, 0.3) is 0 Å². The molecule has 1 atom stereocenters. The standard InChI is InChI=1S/C10H8F4N2O2/c11-7-2-1-5(18-10(12,13)14)3-6(7)8-4-15-9(17)16-8/h1-3,8H,4H2,(H2,15,16,17)/t8-/m1/s1.